The highest BCUT2D eigenvalue weighted by Gasteiger charge is 2.22. The summed E-state index contributed by atoms with van der Waals surface area (Å²) in [6.07, 6.45) is 8.83. The van der Waals surface area contributed by atoms with E-state index >= 15 is 0 Å². The van der Waals surface area contributed by atoms with Crippen LogP contribution >= 0.6 is 0 Å². The topological polar surface area (TPSA) is 138 Å². The van der Waals surface area contributed by atoms with E-state index in [0.717, 1.165) is 0 Å². The molecule has 5 rings (SSSR count). The van der Waals surface area contributed by atoms with E-state index in [-0.39, 0.29) is 51.2 Å². The first-order chi connectivity index (χ1) is 18.8. The van der Waals surface area contributed by atoms with Crippen molar-refractivity contribution in [1.82, 2.24) is 34.7 Å². The lowest BCUT2D eigenvalue weighted by molar-refractivity contribution is -0.0494. The number of hydrogen-bond acceptors (Lipinski definition) is 8. The molecule has 4 heterocycles. The number of anilines is 1. The van der Waals surface area contributed by atoms with E-state index in [4.69, 9.17) is 9.47 Å². The third-order valence-corrected chi connectivity index (χ3v) is 5.46. The van der Waals surface area contributed by atoms with E-state index in [1.165, 1.54) is 71.5 Å². The van der Waals surface area contributed by atoms with Crippen molar-refractivity contribution in [2.75, 3.05) is 12.4 Å². The minimum absolute atomic E-state index is 0.122. The van der Waals surface area contributed by atoms with Gasteiger partial charge in [0.05, 0.1) is 29.2 Å². The van der Waals surface area contributed by atoms with E-state index < -0.39 is 12.5 Å². The van der Waals surface area contributed by atoms with Crippen LogP contribution in [0.1, 0.15) is 20.7 Å². The molecule has 0 saturated carbocycles. The molecule has 12 nitrogen and oxygen atoms in total. The minimum Gasteiger partial charge on any atom is -0.456 e. The molecule has 1 aromatic carbocycles. The summed E-state index contributed by atoms with van der Waals surface area (Å²) in [4.78, 5) is 33.2. The Kier molecular flexibility index (Phi) is 6.82. The third kappa shape index (κ3) is 5.34. The monoisotopic (exact) mass is 534 g/mol. The van der Waals surface area contributed by atoms with Crippen molar-refractivity contribution in [2.24, 2.45) is 7.05 Å². The van der Waals surface area contributed by atoms with Gasteiger partial charge < -0.3 is 20.1 Å². The van der Waals surface area contributed by atoms with E-state index in [9.17, 15) is 18.4 Å². The molecule has 0 fully saturated rings. The molecule has 0 saturated heterocycles. The van der Waals surface area contributed by atoms with Crippen molar-refractivity contribution < 1.29 is 27.8 Å². The zero-order valence-electron chi connectivity index (χ0n) is 20.5. The summed E-state index contributed by atoms with van der Waals surface area (Å²) >= 11 is 0. The molecule has 4 aromatic heterocycles. The summed E-state index contributed by atoms with van der Waals surface area (Å²) in [5.41, 5.74) is 1.30. The number of carbonyl (C=O) groups excluding carboxylic acids is 2. The fraction of sp³-hybridized carbons (Fsp3) is 0.120. The number of benzene rings is 1. The van der Waals surface area contributed by atoms with Crippen LogP contribution in [0.4, 0.5) is 14.5 Å². The predicted molar refractivity (Wildman–Crippen MR) is 134 cm³/mol. The Hall–Kier alpha value is -5.40. The molecule has 2 N–H and O–H groups in total. The van der Waals surface area contributed by atoms with E-state index in [2.05, 4.69) is 30.8 Å². The molecule has 0 radical (unpaired) electrons. The average Bonchev–Trinajstić information content (AvgIpc) is 3.52. The number of aromatic nitrogens is 6. The third-order valence-electron chi connectivity index (χ3n) is 5.46. The second kappa shape index (κ2) is 10.5. The summed E-state index contributed by atoms with van der Waals surface area (Å²) in [5, 5.41) is 13.7. The van der Waals surface area contributed by atoms with Crippen molar-refractivity contribution in [2.45, 2.75) is 6.61 Å². The Balaban J connectivity index is 1.50. The van der Waals surface area contributed by atoms with Crippen LogP contribution in [0.2, 0.25) is 0 Å². The molecule has 0 aliphatic carbocycles. The maximum atomic E-state index is 13.3. The summed E-state index contributed by atoms with van der Waals surface area (Å²) in [5.74, 6) is -0.623. The van der Waals surface area contributed by atoms with Crippen molar-refractivity contribution in [3.63, 3.8) is 0 Å². The highest BCUT2D eigenvalue weighted by Crippen LogP contribution is 2.38. The predicted octanol–water partition coefficient (Wildman–Crippen LogP) is 3.53. The van der Waals surface area contributed by atoms with Gasteiger partial charge in [0.1, 0.15) is 28.5 Å². The maximum Gasteiger partial charge on any atom is 0.387 e. The van der Waals surface area contributed by atoms with Gasteiger partial charge in [0.15, 0.2) is 5.65 Å². The van der Waals surface area contributed by atoms with Gasteiger partial charge in [-0.15, -0.1) is 0 Å². The fourth-order valence-electron chi connectivity index (χ4n) is 3.79. The molecule has 14 heteroatoms. The quantitative estimate of drug-likeness (QED) is 0.308. The van der Waals surface area contributed by atoms with Gasteiger partial charge in [-0.1, -0.05) is 0 Å². The van der Waals surface area contributed by atoms with Gasteiger partial charge in [-0.2, -0.15) is 19.0 Å². The number of halogens is 2. The number of amides is 2. The number of fused-ring (bicyclic) bond motifs is 1. The SMILES string of the molecule is CNC(=O)c1cncc(Oc2ccc(OC(F)F)c(-c3nn(C)cc3NC(=O)c3cnn4cccnc34)c2)c1. The van der Waals surface area contributed by atoms with Crippen LogP contribution in [0.15, 0.2) is 67.5 Å². The largest absolute Gasteiger partial charge is 0.456 e. The van der Waals surface area contributed by atoms with Gasteiger partial charge >= 0.3 is 6.61 Å². The van der Waals surface area contributed by atoms with Crippen LogP contribution in [-0.4, -0.2) is 54.8 Å². The van der Waals surface area contributed by atoms with Crippen molar-refractivity contribution in [3.8, 4) is 28.5 Å². The number of rotatable bonds is 8. The van der Waals surface area contributed by atoms with Gasteiger partial charge in [0.25, 0.3) is 11.8 Å². The molecule has 0 bridgehead atoms. The van der Waals surface area contributed by atoms with Crippen LogP contribution < -0.4 is 20.1 Å². The first-order valence-electron chi connectivity index (χ1n) is 11.4. The van der Waals surface area contributed by atoms with Crippen molar-refractivity contribution in [1.29, 1.82) is 0 Å². The lowest BCUT2D eigenvalue weighted by atomic mass is 10.1. The zero-order valence-corrected chi connectivity index (χ0v) is 20.5. The number of carbonyl (C=O) groups is 2. The number of aryl methyl sites for hydroxylation is 1. The van der Waals surface area contributed by atoms with Crippen LogP contribution in [-0.2, 0) is 7.05 Å². The van der Waals surface area contributed by atoms with Gasteiger partial charge in [0, 0.05) is 38.9 Å². The molecule has 0 spiro atoms. The summed E-state index contributed by atoms with van der Waals surface area (Å²) in [6.45, 7) is -3.12. The van der Waals surface area contributed by atoms with Crippen LogP contribution in [0.25, 0.3) is 16.9 Å². The smallest absolute Gasteiger partial charge is 0.387 e. The molecular weight excluding hydrogens is 514 g/mol. The Bertz CT molecular complexity index is 1680. The molecule has 0 atom stereocenters. The Morgan fingerprint density at radius 1 is 1.08 bits per heavy atom. The van der Waals surface area contributed by atoms with E-state index in [1.54, 1.807) is 19.3 Å². The number of alkyl halides is 2. The molecule has 0 aliphatic rings. The first kappa shape index (κ1) is 25.3. The van der Waals surface area contributed by atoms with E-state index in [1.807, 2.05) is 0 Å². The lowest BCUT2D eigenvalue weighted by Gasteiger charge is -2.13. The normalized spacial score (nSPS) is 11.0. The average molecular weight is 534 g/mol. The first-order valence-corrected chi connectivity index (χ1v) is 11.4. The van der Waals surface area contributed by atoms with Crippen LogP contribution in [0, 0.1) is 0 Å². The maximum absolute atomic E-state index is 13.3. The Labute approximate surface area is 219 Å². The molecule has 5 aromatic rings. The second-order valence-corrected chi connectivity index (χ2v) is 8.09. The number of nitrogens with one attached hydrogen (secondary N) is 2. The summed E-state index contributed by atoms with van der Waals surface area (Å²) < 4.78 is 39.9. The lowest BCUT2D eigenvalue weighted by Crippen LogP contribution is -2.17. The van der Waals surface area contributed by atoms with Gasteiger partial charge in [-0.25, -0.2) is 9.50 Å². The number of ether oxygens (including phenoxy) is 2. The Morgan fingerprint density at radius 2 is 1.92 bits per heavy atom. The zero-order chi connectivity index (χ0) is 27.5. The highest BCUT2D eigenvalue weighted by molar-refractivity contribution is 6.09. The highest BCUT2D eigenvalue weighted by atomic mass is 19.3. The van der Waals surface area contributed by atoms with E-state index in [0.29, 0.717) is 5.65 Å². The molecule has 39 heavy (non-hydrogen) atoms. The van der Waals surface area contributed by atoms with Crippen molar-refractivity contribution in [3.05, 3.63) is 78.6 Å². The van der Waals surface area contributed by atoms with Gasteiger partial charge in [0.2, 0.25) is 0 Å². The fourth-order valence-corrected chi connectivity index (χ4v) is 3.79. The molecule has 0 unspecified atom stereocenters. The second-order valence-electron chi connectivity index (χ2n) is 8.09. The number of nitrogens with zero attached hydrogens (tertiary/aromatic N) is 6. The molecular formula is C25H20F2N8O4. The number of pyridine rings is 1. The van der Waals surface area contributed by atoms with Gasteiger partial charge in [-0.05, 0) is 30.3 Å². The standard InChI is InChI=1S/C25H20F2N8O4/c1-28-23(36)14-8-16(11-29-10-14)38-15-4-5-20(39-25(26)27)17(9-15)21-19(13-34(2)33-21)32-24(37)18-12-31-35-7-3-6-30-22(18)35/h3-13,25H,1-2H3,(H,28,36)(H,32,37). The Morgan fingerprint density at radius 3 is 2.72 bits per heavy atom. The number of hydrogen-bond donors (Lipinski definition) is 2. The molecule has 2 amide bonds. The van der Waals surface area contributed by atoms with Gasteiger partial charge in [-0.3, -0.25) is 19.3 Å². The summed E-state index contributed by atoms with van der Waals surface area (Å²) in [7, 11) is 3.10. The minimum atomic E-state index is -3.12. The van der Waals surface area contributed by atoms with Crippen LogP contribution in [0.5, 0.6) is 17.2 Å². The van der Waals surface area contributed by atoms with Crippen LogP contribution in [0.3, 0.4) is 0 Å². The molecule has 0 aliphatic heterocycles. The van der Waals surface area contributed by atoms with Crippen molar-refractivity contribution >= 4 is 23.1 Å². The molecule has 198 valence electrons. The summed E-state index contributed by atoms with van der Waals surface area (Å²) in [6, 6.07) is 7.29.